The molecule has 1 atom stereocenters. The minimum absolute atomic E-state index is 0.00412. The summed E-state index contributed by atoms with van der Waals surface area (Å²) in [5, 5.41) is 3.24. The third-order valence-corrected chi connectivity index (χ3v) is 5.68. The summed E-state index contributed by atoms with van der Waals surface area (Å²) < 4.78 is 0. The van der Waals surface area contributed by atoms with Gasteiger partial charge in [0, 0.05) is 50.4 Å². The molecule has 1 N–H and O–H groups in total. The molecule has 3 aliphatic heterocycles. The van der Waals surface area contributed by atoms with E-state index in [0.29, 0.717) is 6.04 Å². The van der Waals surface area contributed by atoms with Crippen LogP contribution in [0.3, 0.4) is 0 Å². The molecule has 0 saturated carbocycles. The summed E-state index contributed by atoms with van der Waals surface area (Å²) in [5.74, 6) is 2.00. The van der Waals surface area contributed by atoms with E-state index in [2.05, 4.69) is 5.32 Å². The highest BCUT2D eigenvalue weighted by molar-refractivity contribution is 7.99. The Bertz CT molecular complexity index is 406. The van der Waals surface area contributed by atoms with Crippen molar-refractivity contribution in [1.82, 2.24) is 20.0 Å². The Balaban J connectivity index is 1.51. The number of nitrogens with zero attached hydrogens (tertiary/aromatic N) is 3. The summed E-state index contributed by atoms with van der Waals surface area (Å²) in [4.78, 5) is 30.5. The van der Waals surface area contributed by atoms with Crippen molar-refractivity contribution in [2.75, 3.05) is 44.4 Å². The lowest BCUT2D eigenvalue weighted by Crippen LogP contribution is -2.52. The van der Waals surface area contributed by atoms with E-state index in [4.69, 9.17) is 0 Å². The van der Waals surface area contributed by atoms with Crippen LogP contribution in [0.4, 0.5) is 4.79 Å². The Hall–Kier alpha value is -0.950. The summed E-state index contributed by atoms with van der Waals surface area (Å²) >= 11 is 1.78. The molecule has 6 nitrogen and oxygen atoms in total. The molecular formula is C14H24N4O2S. The molecule has 118 valence electrons. The summed E-state index contributed by atoms with van der Waals surface area (Å²) in [6.07, 6.45) is 1.82. The van der Waals surface area contributed by atoms with Gasteiger partial charge in [0.2, 0.25) is 5.91 Å². The zero-order valence-electron chi connectivity index (χ0n) is 12.6. The number of thioether (sulfide) groups is 1. The summed E-state index contributed by atoms with van der Waals surface area (Å²) in [5.41, 5.74) is 0. The number of carbonyl (C=O) groups is 2. The van der Waals surface area contributed by atoms with Gasteiger partial charge in [0.25, 0.3) is 0 Å². The Morgan fingerprint density at radius 2 is 2.05 bits per heavy atom. The van der Waals surface area contributed by atoms with Crippen molar-refractivity contribution in [2.24, 2.45) is 0 Å². The monoisotopic (exact) mass is 312 g/mol. The quantitative estimate of drug-likeness (QED) is 0.819. The standard InChI is InChI=1S/C14H24N4O2S/c1-2-16-7-8-18(14(16)20)11-3-5-17(6-4-11)13(19)12-9-21-10-15-12/h11-12,15H,2-10H2,1H3. The van der Waals surface area contributed by atoms with Gasteiger partial charge in [0.1, 0.15) is 0 Å². The Morgan fingerprint density at radius 3 is 2.62 bits per heavy atom. The van der Waals surface area contributed by atoms with Crippen LogP contribution in [0.15, 0.2) is 0 Å². The Morgan fingerprint density at radius 1 is 1.29 bits per heavy atom. The molecule has 3 saturated heterocycles. The van der Waals surface area contributed by atoms with Crippen LogP contribution in [0, 0.1) is 0 Å². The van der Waals surface area contributed by atoms with Crippen LogP contribution in [-0.4, -0.2) is 83.1 Å². The predicted octanol–water partition coefficient (Wildman–Crippen LogP) is 0.397. The van der Waals surface area contributed by atoms with Crippen molar-refractivity contribution in [1.29, 1.82) is 0 Å². The fraction of sp³-hybridized carbons (Fsp3) is 0.857. The zero-order chi connectivity index (χ0) is 14.8. The van der Waals surface area contributed by atoms with E-state index in [-0.39, 0.29) is 18.0 Å². The van der Waals surface area contributed by atoms with Crippen LogP contribution >= 0.6 is 11.8 Å². The number of likely N-dealkylation sites (N-methyl/N-ethyl adjacent to an activating group) is 1. The smallest absolute Gasteiger partial charge is 0.320 e. The molecule has 1 unspecified atom stereocenters. The number of piperidine rings is 1. The fourth-order valence-electron chi connectivity index (χ4n) is 3.41. The molecule has 3 fully saturated rings. The molecule has 0 aromatic heterocycles. The molecule has 0 aromatic rings. The maximum absolute atomic E-state index is 12.4. The normalized spacial score (nSPS) is 27.8. The van der Waals surface area contributed by atoms with Gasteiger partial charge in [-0.05, 0) is 19.8 Å². The molecule has 3 amide bonds. The van der Waals surface area contributed by atoms with E-state index >= 15 is 0 Å². The number of likely N-dealkylation sites (tertiary alicyclic amines) is 1. The molecule has 7 heteroatoms. The van der Waals surface area contributed by atoms with Crippen LogP contribution in [-0.2, 0) is 4.79 Å². The molecule has 3 heterocycles. The first-order valence-corrected chi connectivity index (χ1v) is 9.01. The number of hydrogen-bond acceptors (Lipinski definition) is 4. The maximum atomic E-state index is 12.4. The number of urea groups is 1. The average molecular weight is 312 g/mol. The summed E-state index contributed by atoms with van der Waals surface area (Å²) in [6, 6.07) is 0.482. The van der Waals surface area contributed by atoms with Crippen molar-refractivity contribution in [2.45, 2.75) is 31.8 Å². The van der Waals surface area contributed by atoms with Gasteiger partial charge in [-0.1, -0.05) is 0 Å². The SMILES string of the molecule is CCN1CCN(C2CCN(C(=O)C3CSCN3)CC2)C1=O. The van der Waals surface area contributed by atoms with Gasteiger partial charge < -0.3 is 14.7 Å². The van der Waals surface area contributed by atoms with E-state index in [1.165, 1.54) is 0 Å². The second kappa shape index (κ2) is 6.44. The van der Waals surface area contributed by atoms with Gasteiger partial charge in [0.15, 0.2) is 0 Å². The van der Waals surface area contributed by atoms with E-state index in [0.717, 1.165) is 57.2 Å². The average Bonchev–Trinajstić information content (AvgIpc) is 3.16. The highest BCUT2D eigenvalue weighted by Crippen LogP contribution is 2.22. The number of carbonyl (C=O) groups excluding carboxylic acids is 2. The molecular weight excluding hydrogens is 288 g/mol. The van der Waals surface area contributed by atoms with E-state index in [9.17, 15) is 9.59 Å². The maximum Gasteiger partial charge on any atom is 0.320 e. The van der Waals surface area contributed by atoms with Gasteiger partial charge in [-0.3, -0.25) is 10.1 Å². The molecule has 0 radical (unpaired) electrons. The third kappa shape index (κ3) is 2.99. The molecule has 3 aliphatic rings. The Kier molecular flexibility index (Phi) is 4.59. The second-order valence-electron chi connectivity index (χ2n) is 5.88. The minimum Gasteiger partial charge on any atom is -0.341 e. The van der Waals surface area contributed by atoms with Gasteiger partial charge in [-0.15, -0.1) is 11.8 Å². The summed E-state index contributed by atoms with van der Waals surface area (Å²) in [6.45, 7) is 6.06. The number of nitrogens with one attached hydrogen (secondary N) is 1. The minimum atomic E-state index is -0.00412. The number of amides is 3. The molecule has 0 aromatic carbocycles. The lowest BCUT2D eigenvalue weighted by Gasteiger charge is -2.37. The fourth-order valence-corrected chi connectivity index (χ4v) is 4.34. The van der Waals surface area contributed by atoms with E-state index in [1.807, 2.05) is 21.6 Å². The van der Waals surface area contributed by atoms with E-state index < -0.39 is 0 Å². The summed E-state index contributed by atoms with van der Waals surface area (Å²) in [7, 11) is 0. The lowest BCUT2D eigenvalue weighted by atomic mass is 10.0. The van der Waals surface area contributed by atoms with Crippen LogP contribution in [0.5, 0.6) is 0 Å². The number of rotatable bonds is 3. The van der Waals surface area contributed by atoms with Crippen LogP contribution in [0.2, 0.25) is 0 Å². The van der Waals surface area contributed by atoms with Crippen molar-refractivity contribution in [3.05, 3.63) is 0 Å². The molecule has 21 heavy (non-hydrogen) atoms. The van der Waals surface area contributed by atoms with Crippen molar-refractivity contribution >= 4 is 23.7 Å². The lowest BCUT2D eigenvalue weighted by molar-refractivity contribution is -0.134. The topological polar surface area (TPSA) is 55.9 Å². The Labute approximate surface area is 130 Å². The second-order valence-corrected chi connectivity index (χ2v) is 6.91. The van der Waals surface area contributed by atoms with Gasteiger partial charge >= 0.3 is 6.03 Å². The van der Waals surface area contributed by atoms with Crippen LogP contribution < -0.4 is 5.32 Å². The van der Waals surface area contributed by atoms with Gasteiger partial charge in [-0.2, -0.15) is 0 Å². The number of hydrogen-bond donors (Lipinski definition) is 1. The predicted molar refractivity (Wildman–Crippen MR) is 83.2 cm³/mol. The van der Waals surface area contributed by atoms with Crippen molar-refractivity contribution in [3.63, 3.8) is 0 Å². The molecule has 0 aliphatic carbocycles. The van der Waals surface area contributed by atoms with Crippen molar-refractivity contribution in [3.8, 4) is 0 Å². The van der Waals surface area contributed by atoms with Crippen LogP contribution in [0.1, 0.15) is 19.8 Å². The zero-order valence-corrected chi connectivity index (χ0v) is 13.4. The first kappa shape index (κ1) is 15.0. The van der Waals surface area contributed by atoms with Gasteiger partial charge in [-0.25, -0.2) is 4.79 Å². The van der Waals surface area contributed by atoms with Crippen LogP contribution in [0.25, 0.3) is 0 Å². The van der Waals surface area contributed by atoms with Crippen molar-refractivity contribution < 1.29 is 9.59 Å². The highest BCUT2D eigenvalue weighted by atomic mass is 32.2. The molecule has 0 spiro atoms. The largest absolute Gasteiger partial charge is 0.341 e. The molecule has 0 bridgehead atoms. The third-order valence-electron chi connectivity index (χ3n) is 4.74. The first-order valence-electron chi connectivity index (χ1n) is 7.86. The molecule has 3 rings (SSSR count). The van der Waals surface area contributed by atoms with Gasteiger partial charge in [0.05, 0.1) is 6.04 Å². The van der Waals surface area contributed by atoms with E-state index in [1.54, 1.807) is 11.8 Å². The first-order chi connectivity index (χ1) is 10.2. The highest BCUT2D eigenvalue weighted by Gasteiger charge is 2.36.